The highest BCUT2D eigenvalue weighted by Gasteiger charge is 2.16. The predicted octanol–water partition coefficient (Wildman–Crippen LogP) is 4.21. The van der Waals surface area contributed by atoms with Gasteiger partial charge in [0.1, 0.15) is 5.82 Å². The number of rotatable bonds is 5. The van der Waals surface area contributed by atoms with E-state index in [-0.39, 0.29) is 17.1 Å². The van der Waals surface area contributed by atoms with Gasteiger partial charge in [-0.3, -0.25) is 4.79 Å². The summed E-state index contributed by atoms with van der Waals surface area (Å²) in [6, 6.07) is 8.98. The van der Waals surface area contributed by atoms with Crippen LogP contribution in [0.5, 0.6) is 0 Å². The normalized spacial score (nSPS) is 10.3. The van der Waals surface area contributed by atoms with Crippen molar-refractivity contribution in [2.45, 2.75) is 6.54 Å². The number of carbonyl (C=O) groups excluding carboxylic acids is 2. The van der Waals surface area contributed by atoms with Gasteiger partial charge in [0, 0.05) is 20.7 Å². The first-order valence-electron chi connectivity index (χ1n) is 6.70. The van der Waals surface area contributed by atoms with Crippen molar-refractivity contribution in [3.63, 3.8) is 0 Å². The summed E-state index contributed by atoms with van der Waals surface area (Å²) in [7, 11) is 0. The molecule has 0 radical (unpaired) electrons. The lowest BCUT2D eigenvalue weighted by Gasteiger charge is -2.09. The van der Waals surface area contributed by atoms with Crippen molar-refractivity contribution in [2.24, 2.45) is 0 Å². The second-order valence-electron chi connectivity index (χ2n) is 4.69. The molecular formula is C16H11Cl2FINO3. The van der Waals surface area contributed by atoms with Crippen LogP contribution in [0, 0.1) is 9.39 Å². The van der Waals surface area contributed by atoms with Gasteiger partial charge in [-0.25, -0.2) is 9.18 Å². The molecule has 0 fully saturated rings. The maximum Gasteiger partial charge on any atom is 0.339 e. The Labute approximate surface area is 161 Å². The molecule has 8 heteroatoms. The van der Waals surface area contributed by atoms with Crippen LogP contribution in [0.1, 0.15) is 15.9 Å². The van der Waals surface area contributed by atoms with Crippen molar-refractivity contribution in [1.82, 2.24) is 5.32 Å². The van der Waals surface area contributed by atoms with Gasteiger partial charge in [-0.1, -0.05) is 41.4 Å². The number of hydrogen-bond acceptors (Lipinski definition) is 3. The molecule has 24 heavy (non-hydrogen) atoms. The van der Waals surface area contributed by atoms with Gasteiger partial charge in [-0.05, 0) is 40.8 Å². The monoisotopic (exact) mass is 481 g/mol. The summed E-state index contributed by atoms with van der Waals surface area (Å²) in [6.45, 7) is -0.489. The number of esters is 1. The van der Waals surface area contributed by atoms with Gasteiger partial charge in [0.05, 0.1) is 10.6 Å². The Morgan fingerprint density at radius 1 is 1.21 bits per heavy atom. The van der Waals surface area contributed by atoms with E-state index in [1.54, 1.807) is 18.2 Å². The molecule has 0 unspecified atom stereocenters. The van der Waals surface area contributed by atoms with Crippen molar-refractivity contribution in [3.05, 3.63) is 67.0 Å². The van der Waals surface area contributed by atoms with E-state index in [9.17, 15) is 14.0 Å². The minimum atomic E-state index is -0.718. The largest absolute Gasteiger partial charge is 0.452 e. The van der Waals surface area contributed by atoms with Crippen LogP contribution in [0.25, 0.3) is 0 Å². The van der Waals surface area contributed by atoms with Gasteiger partial charge in [0.25, 0.3) is 5.91 Å². The molecule has 2 rings (SSSR count). The number of amides is 1. The highest BCUT2D eigenvalue weighted by Crippen LogP contribution is 2.27. The average molecular weight is 482 g/mol. The first-order chi connectivity index (χ1) is 11.4. The van der Waals surface area contributed by atoms with Gasteiger partial charge >= 0.3 is 5.97 Å². The molecule has 0 saturated carbocycles. The van der Waals surface area contributed by atoms with E-state index in [1.807, 2.05) is 22.6 Å². The quantitative estimate of drug-likeness (QED) is 0.395. The summed E-state index contributed by atoms with van der Waals surface area (Å²) >= 11 is 13.7. The van der Waals surface area contributed by atoms with E-state index in [0.29, 0.717) is 14.2 Å². The van der Waals surface area contributed by atoms with Gasteiger partial charge in [-0.15, -0.1) is 0 Å². The van der Waals surface area contributed by atoms with E-state index >= 15 is 0 Å². The predicted molar refractivity (Wildman–Crippen MR) is 97.7 cm³/mol. The summed E-state index contributed by atoms with van der Waals surface area (Å²) in [5, 5.41) is 3.08. The molecule has 126 valence electrons. The smallest absolute Gasteiger partial charge is 0.339 e. The number of carbonyl (C=O) groups is 2. The van der Waals surface area contributed by atoms with Crippen LogP contribution >= 0.6 is 45.8 Å². The molecule has 0 saturated heterocycles. The van der Waals surface area contributed by atoms with Crippen molar-refractivity contribution < 1.29 is 18.7 Å². The third-order valence-corrected chi connectivity index (χ3v) is 4.98. The molecule has 0 aliphatic carbocycles. The van der Waals surface area contributed by atoms with E-state index in [0.717, 1.165) is 0 Å². The fraction of sp³-hybridized carbons (Fsp3) is 0.125. The minimum Gasteiger partial charge on any atom is -0.452 e. The van der Waals surface area contributed by atoms with Crippen LogP contribution in [0.4, 0.5) is 4.39 Å². The lowest BCUT2D eigenvalue weighted by molar-refractivity contribution is -0.124. The van der Waals surface area contributed by atoms with E-state index < -0.39 is 24.3 Å². The highest BCUT2D eigenvalue weighted by molar-refractivity contribution is 14.1. The minimum absolute atomic E-state index is 0.00356. The molecule has 1 amide bonds. The molecule has 0 aliphatic heterocycles. The molecule has 2 aromatic carbocycles. The van der Waals surface area contributed by atoms with Crippen LogP contribution < -0.4 is 5.32 Å². The van der Waals surface area contributed by atoms with Crippen LogP contribution in [0.2, 0.25) is 10.0 Å². The Bertz CT molecular complexity index is 786. The molecular weight excluding hydrogens is 471 g/mol. The van der Waals surface area contributed by atoms with Crippen molar-refractivity contribution in [2.75, 3.05) is 6.61 Å². The summed E-state index contributed by atoms with van der Waals surface area (Å²) in [5.74, 6) is -1.68. The Morgan fingerprint density at radius 2 is 1.92 bits per heavy atom. The maximum atomic E-state index is 13.4. The van der Waals surface area contributed by atoms with Crippen LogP contribution in [0.3, 0.4) is 0 Å². The molecule has 0 aliphatic rings. The standard InChI is InChI=1S/C16H11Cl2FINO3/c17-10-5-11(15(20)12(18)6-10)16(23)24-8-14(22)21-7-9-3-1-2-4-13(9)19/h1-6H,7-8H2,(H,21,22). The third-order valence-electron chi connectivity index (χ3n) is 2.98. The number of hydrogen-bond donors (Lipinski definition) is 1. The molecule has 0 aromatic heterocycles. The Morgan fingerprint density at radius 3 is 2.62 bits per heavy atom. The Kier molecular flexibility index (Phi) is 6.82. The fourth-order valence-electron chi connectivity index (χ4n) is 1.80. The molecule has 4 nitrogen and oxygen atoms in total. The summed E-state index contributed by atoms with van der Waals surface area (Å²) in [4.78, 5) is 23.7. The van der Waals surface area contributed by atoms with Crippen molar-refractivity contribution >= 4 is 57.7 Å². The lowest BCUT2D eigenvalue weighted by Crippen LogP contribution is -2.28. The fourth-order valence-corrected chi connectivity index (χ4v) is 2.82. The first kappa shape index (κ1) is 19.0. The topological polar surface area (TPSA) is 55.4 Å². The number of halogens is 4. The SMILES string of the molecule is O=C(COC(=O)c1cc(Cl)cc(Cl)c1I)NCc1ccccc1F. The van der Waals surface area contributed by atoms with E-state index in [1.165, 1.54) is 18.2 Å². The van der Waals surface area contributed by atoms with Crippen LogP contribution in [0.15, 0.2) is 36.4 Å². The zero-order chi connectivity index (χ0) is 17.7. The molecule has 0 heterocycles. The summed E-state index contributed by atoms with van der Waals surface area (Å²) in [5.41, 5.74) is 0.517. The highest BCUT2D eigenvalue weighted by atomic mass is 127. The van der Waals surface area contributed by atoms with E-state index in [2.05, 4.69) is 5.32 Å². The first-order valence-corrected chi connectivity index (χ1v) is 8.53. The van der Waals surface area contributed by atoms with Gasteiger partial charge in [0.15, 0.2) is 6.61 Å². The zero-order valence-electron chi connectivity index (χ0n) is 12.1. The third kappa shape index (κ3) is 5.06. The molecule has 0 bridgehead atoms. The van der Waals surface area contributed by atoms with E-state index in [4.69, 9.17) is 27.9 Å². The molecule has 1 N–H and O–H groups in total. The Hall–Kier alpha value is -1.38. The van der Waals surface area contributed by atoms with Crippen LogP contribution in [-0.2, 0) is 16.1 Å². The maximum absolute atomic E-state index is 13.4. The average Bonchev–Trinajstić information content (AvgIpc) is 2.55. The molecule has 0 atom stereocenters. The van der Waals surface area contributed by atoms with Gasteiger partial charge in [-0.2, -0.15) is 0 Å². The molecule has 0 spiro atoms. The second-order valence-corrected chi connectivity index (χ2v) is 6.62. The second kappa shape index (κ2) is 8.64. The van der Waals surface area contributed by atoms with Crippen molar-refractivity contribution in [1.29, 1.82) is 0 Å². The molecule has 2 aromatic rings. The van der Waals surface area contributed by atoms with Gasteiger partial charge < -0.3 is 10.1 Å². The zero-order valence-corrected chi connectivity index (χ0v) is 15.8. The van der Waals surface area contributed by atoms with Crippen LogP contribution in [-0.4, -0.2) is 18.5 Å². The summed E-state index contributed by atoms with van der Waals surface area (Å²) < 4.78 is 18.8. The van der Waals surface area contributed by atoms with Gasteiger partial charge in [0.2, 0.25) is 0 Å². The summed E-state index contributed by atoms with van der Waals surface area (Å²) in [6.07, 6.45) is 0. The Balaban J connectivity index is 1.90. The number of nitrogens with one attached hydrogen (secondary N) is 1. The lowest BCUT2D eigenvalue weighted by atomic mass is 10.2. The van der Waals surface area contributed by atoms with Crippen molar-refractivity contribution in [3.8, 4) is 0 Å². The number of benzene rings is 2. The number of ether oxygens (including phenoxy) is 1.